The average molecular weight is 257 g/mol. The van der Waals surface area contributed by atoms with Crippen molar-refractivity contribution in [3.05, 3.63) is 36.3 Å². The zero-order chi connectivity index (χ0) is 12.5. The summed E-state index contributed by atoms with van der Waals surface area (Å²) < 4.78 is 43.3. The van der Waals surface area contributed by atoms with Crippen LogP contribution in [0.25, 0.3) is 0 Å². The van der Waals surface area contributed by atoms with Crippen LogP contribution in [0.2, 0.25) is 0 Å². The summed E-state index contributed by atoms with van der Waals surface area (Å²) in [6.07, 6.45) is 1.21. The SMILES string of the molecule is Nc1ccc(S(=O)(=O)Nc2ccon2)cc1F. The molecule has 0 unspecified atom stereocenters. The van der Waals surface area contributed by atoms with Crippen molar-refractivity contribution in [3.63, 3.8) is 0 Å². The van der Waals surface area contributed by atoms with E-state index in [9.17, 15) is 12.8 Å². The number of aromatic nitrogens is 1. The van der Waals surface area contributed by atoms with Gasteiger partial charge in [0.2, 0.25) is 0 Å². The van der Waals surface area contributed by atoms with Gasteiger partial charge in [-0.1, -0.05) is 5.16 Å². The largest absolute Gasteiger partial charge is 0.396 e. The number of hydrogen-bond donors (Lipinski definition) is 2. The summed E-state index contributed by atoms with van der Waals surface area (Å²) in [7, 11) is -3.89. The summed E-state index contributed by atoms with van der Waals surface area (Å²) in [6, 6.07) is 4.52. The third-order valence-electron chi connectivity index (χ3n) is 1.96. The second kappa shape index (κ2) is 4.06. The van der Waals surface area contributed by atoms with E-state index in [1.165, 1.54) is 24.5 Å². The highest BCUT2D eigenvalue weighted by Gasteiger charge is 2.16. The van der Waals surface area contributed by atoms with Crippen LogP contribution in [0.3, 0.4) is 0 Å². The van der Waals surface area contributed by atoms with Gasteiger partial charge in [0.1, 0.15) is 12.1 Å². The number of rotatable bonds is 3. The van der Waals surface area contributed by atoms with Gasteiger partial charge in [-0.15, -0.1) is 0 Å². The van der Waals surface area contributed by atoms with E-state index in [1.54, 1.807) is 0 Å². The van der Waals surface area contributed by atoms with Crippen LogP contribution < -0.4 is 10.5 Å². The topological polar surface area (TPSA) is 98.2 Å². The van der Waals surface area contributed by atoms with Crippen molar-refractivity contribution < 1.29 is 17.3 Å². The summed E-state index contributed by atoms with van der Waals surface area (Å²) in [5, 5.41) is 3.38. The molecule has 8 heteroatoms. The zero-order valence-electron chi connectivity index (χ0n) is 8.42. The molecule has 1 aromatic heterocycles. The highest BCUT2D eigenvalue weighted by atomic mass is 32.2. The molecule has 0 fully saturated rings. The van der Waals surface area contributed by atoms with Crippen LogP contribution in [0.15, 0.2) is 39.9 Å². The van der Waals surface area contributed by atoms with E-state index in [4.69, 9.17) is 5.73 Å². The third kappa shape index (κ3) is 2.36. The molecule has 0 bridgehead atoms. The number of hydrogen-bond acceptors (Lipinski definition) is 5. The van der Waals surface area contributed by atoms with Gasteiger partial charge in [0.05, 0.1) is 10.6 Å². The van der Waals surface area contributed by atoms with Crippen molar-refractivity contribution in [2.45, 2.75) is 4.90 Å². The van der Waals surface area contributed by atoms with Crippen molar-refractivity contribution in [3.8, 4) is 0 Å². The first-order valence-corrected chi connectivity index (χ1v) is 5.95. The van der Waals surface area contributed by atoms with E-state index in [2.05, 4.69) is 14.4 Å². The summed E-state index contributed by atoms with van der Waals surface area (Å²) >= 11 is 0. The Morgan fingerprint density at radius 3 is 2.71 bits per heavy atom. The fraction of sp³-hybridized carbons (Fsp3) is 0. The fourth-order valence-electron chi connectivity index (χ4n) is 1.14. The molecule has 1 heterocycles. The van der Waals surface area contributed by atoms with Gasteiger partial charge in [0.25, 0.3) is 10.0 Å². The minimum absolute atomic E-state index is 0.0160. The molecule has 3 N–H and O–H groups in total. The Bertz CT molecular complexity index is 625. The summed E-state index contributed by atoms with van der Waals surface area (Å²) in [4.78, 5) is -0.243. The van der Waals surface area contributed by atoms with Crippen LogP contribution in [0.5, 0.6) is 0 Å². The molecule has 6 nitrogen and oxygen atoms in total. The normalized spacial score (nSPS) is 11.4. The smallest absolute Gasteiger partial charge is 0.263 e. The Morgan fingerprint density at radius 1 is 1.35 bits per heavy atom. The van der Waals surface area contributed by atoms with Crippen LogP contribution in [0.4, 0.5) is 15.9 Å². The zero-order valence-corrected chi connectivity index (χ0v) is 9.24. The molecule has 0 aliphatic heterocycles. The first kappa shape index (κ1) is 11.4. The fourth-order valence-corrected chi connectivity index (χ4v) is 2.14. The van der Waals surface area contributed by atoms with Gasteiger partial charge < -0.3 is 10.3 Å². The molecule has 90 valence electrons. The Labute approximate surface area is 96.3 Å². The number of nitrogens with two attached hydrogens (primary N) is 1. The lowest BCUT2D eigenvalue weighted by Crippen LogP contribution is -2.13. The van der Waals surface area contributed by atoms with Gasteiger partial charge in [0.15, 0.2) is 5.82 Å². The van der Waals surface area contributed by atoms with Crippen molar-refractivity contribution in [1.82, 2.24) is 5.16 Å². The molecular formula is C9H8FN3O3S. The number of benzene rings is 1. The monoisotopic (exact) mass is 257 g/mol. The van der Waals surface area contributed by atoms with E-state index >= 15 is 0 Å². The van der Waals surface area contributed by atoms with Crippen LogP contribution in [0, 0.1) is 5.82 Å². The number of anilines is 2. The van der Waals surface area contributed by atoms with E-state index in [1.807, 2.05) is 0 Å². The molecule has 0 atom stereocenters. The van der Waals surface area contributed by atoms with Gasteiger partial charge in [-0.3, -0.25) is 4.72 Å². The standard InChI is InChI=1S/C9H8FN3O3S/c10-7-5-6(1-2-8(7)11)17(14,15)13-9-3-4-16-12-9/h1-5H,11H2,(H,12,13). The first-order chi connectivity index (χ1) is 7.99. The molecular weight excluding hydrogens is 249 g/mol. The van der Waals surface area contributed by atoms with Crippen LogP contribution in [-0.2, 0) is 10.0 Å². The predicted molar refractivity (Wildman–Crippen MR) is 58.1 cm³/mol. The summed E-state index contributed by atoms with van der Waals surface area (Å²) in [6.45, 7) is 0. The van der Waals surface area contributed by atoms with E-state index in [0.717, 1.165) is 6.07 Å². The van der Waals surface area contributed by atoms with Gasteiger partial charge >= 0.3 is 0 Å². The number of sulfonamides is 1. The van der Waals surface area contributed by atoms with Crippen LogP contribution in [-0.4, -0.2) is 13.6 Å². The van der Waals surface area contributed by atoms with E-state index in [-0.39, 0.29) is 16.4 Å². The molecule has 2 aromatic rings. The summed E-state index contributed by atoms with van der Waals surface area (Å²) in [5.41, 5.74) is 5.13. The van der Waals surface area contributed by atoms with Gasteiger partial charge in [0, 0.05) is 6.07 Å². The van der Waals surface area contributed by atoms with Crippen LogP contribution >= 0.6 is 0 Å². The number of nitrogen functional groups attached to an aromatic ring is 1. The molecule has 17 heavy (non-hydrogen) atoms. The number of nitrogens with zero attached hydrogens (tertiary/aromatic N) is 1. The highest BCUT2D eigenvalue weighted by molar-refractivity contribution is 7.92. The molecule has 0 saturated heterocycles. The second-order valence-corrected chi connectivity index (χ2v) is 4.86. The number of halogens is 1. The maximum Gasteiger partial charge on any atom is 0.263 e. The lowest BCUT2D eigenvalue weighted by atomic mass is 10.3. The Balaban J connectivity index is 2.35. The molecule has 0 saturated carbocycles. The van der Waals surface area contributed by atoms with Crippen molar-refractivity contribution >= 4 is 21.5 Å². The lowest BCUT2D eigenvalue weighted by molar-refractivity contribution is 0.423. The summed E-state index contributed by atoms with van der Waals surface area (Å²) in [5.74, 6) is -0.782. The Hall–Kier alpha value is -2.09. The van der Waals surface area contributed by atoms with Gasteiger partial charge in [-0.2, -0.15) is 0 Å². The maximum atomic E-state index is 13.1. The van der Waals surface area contributed by atoms with Crippen molar-refractivity contribution in [2.24, 2.45) is 0 Å². The molecule has 1 aromatic carbocycles. The predicted octanol–water partition coefficient (Wildman–Crippen LogP) is 1.20. The van der Waals surface area contributed by atoms with E-state index in [0.29, 0.717) is 0 Å². The minimum atomic E-state index is -3.89. The van der Waals surface area contributed by atoms with Crippen LogP contribution in [0.1, 0.15) is 0 Å². The van der Waals surface area contributed by atoms with Crippen molar-refractivity contribution in [2.75, 3.05) is 10.5 Å². The quantitative estimate of drug-likeness (QED) is 0.805. The molecule has 0 radical (unpaired) electrons. The Kier molecular flexibility index (Phi) is 2.72. The van der Waals surface area contributed by atoms with E-state index < -0.39 is 15.8 Å². The molecule has 2 rings (SSSR count). The molecule has 0 aliphatic carbocycles. The molecule has 0 amide bonds. The third-order valence-corrected chi connectivity index (χ3v) is 3.31. The highest BCUT2D eigenvalue weighted by Crippen LogP contribution is 2.18. The first-order valence-electron chi connectivity index (χ1n) is 4.47. The average Bonchev–Trinajstić information content (AvgIpc) is 2.73. The maximum absolute atomic E-state index is 13.1. The van der Waals surface area contributed by atoms with Gasteiger partial charge in [-0.05, 0) is 18.2 Å². The lowest BCUT2D eigenvalue weighted by Gasteiger charge is -2.05. The molecule has 0 spiro atoms. The molecule has 0 aliphatic rings. The minimum Gasteiger partial charge on any atom is -0.396 e. The van der Waals surface area contributed by atoms with Crippen molar-refractivity contribution in [1.29, 1.82) is 0 Å². The second-order valence-electron chi connectivity index (χ2n) is 3.17. The Morgan fingerprint density at radius 2 is 2.12 bits per heavy atom. The number of nitrogens with one attached hydrogen (secondary N) is 1. The van der Waals surface area contributed by atoms with Gasteiger partial charge in [-0.25, -0.2) is 12.8 Å².